The molecule has 1 aromatic rings. The summed E-state index contributed by atoms with van der Waals surface area (Å²) in [6, 6.07) is 1.80. The van der Waals surface area contributed by atoms with Crippen molar-refractivity contribution in [2.45, 2.75) is 0 Å². The second-order valence-electron chi connectivity index (χ2n) is 2.02. The summed E-state index contributed by atoms with van der Waals surface area (Å²) in [5, 5.41) is 10.2. The minimum Gasteiger partial charge on any atom is -0.495 e. The van der Waals surface area contributed by atoms with Crippen molar-refractivity contribution in [1.29, 1.82) is 0 Å². The molecule has 0 aliphatic carbocycles. The fourth-order valence-electron chi connectivity index (χ4n) is 0.746. The van der Waals surface area contributed by atoms with Crippen molar-refractivity contribution < 1.29 is 14.6 Å². The van der Waals surface area contributed by atoms with Crippen LogP contribution in [0.25, 0.3) is 6.08 Å². The Bertz CT molecular complexity index is 301. The van der Waals surface area contributed by atoms with Gasteiger partial charge in [-0.15, -0.1) is 11.3 Å². The van der Waals surface area contributed by atoms with E-state index in [1.807, 2.05) is 5.38 Å². The molecule has 0 atom stereocenters. The van der Waals surface area contributed by atoms with E-state index < -0.39 is 5.97 Å². The van der Waals surface area contributed by atoms with E-state index in [9.17, 15) is 4.79 Å². The lowest BCUT2D eigenvalue weighted by Crippen LogP contribution is -1.86. The summed E-state index contributed by atoms with van der Waals surface area (Å²) in [6.07, 6.45) is 2.61. The average Bonchev–Trinajstić information content (AvgIpc) is 2.47. The minimum atomic E-state index is -0.953. The molecule has 0 bridgehead atoms. The van der Waals surface area contributed by atoms with Crippen LogP contribution in [0.4, 0.5) is 0 Å². The molecule has 1 aromatic heterocycles. The highest BCUT2D eigenvalue weighted by Gasteiger charge is 1.99. The quantitative estimate of drug-likeness (QED) is 0.729. The second-order valence-corrected chi connectivity index (χ2v) is 2.97. The standard InChI is InChI=1S/C8H8O3S/c1-11-6-4-5-12-7(6)2-3-8(9)10/h2-5H,1H3,(H,9,10)/b3-2+. The molecule has 0 aliphatic heterocycles. The molecule has 64 valence electrons. The number of thiophene rings is 1. The summed E-state index contributed by atoms with van der Waals surface area (Å²) in [5.41, 5.74) is 0. The van der Waals surface area contributed by atoms with Gasteiger partial charge in [0.2, 0.25) is 0 Å². The lowest BCUT2D eigenvalue weighted by atomic mass is 10.4. The zero-order chi connectivity index (χ0) is 8.97. The molecule has 3 nitrogen and oxygen atoms in total. The van der Waals surface area contributed by atoms with E-state index in [1.165, 1.54) is 17.4 Å². The summed E-state index contributed by atoms with van der Waals surface area (Å²) < 4.78 is 4.98. The van der Waals surface area contributed by atoms with Crippen molar-refractivity contribution in [3.8, 4) is 5.75 Å². The molecular formula is C8H8O3S. The fraction of sp³-hybridized carbons (Fsp3) is 0.125. The maximum atomic E-state index is 10.2. The zero-order valence-electron chi connectivity index (χ0n) is 6.48. The normalized spacial score (nSPS) is 10.4. The van der Waals surface area contributed by atoms with E-state index in [0.29, 0.717) is 5.75 Å². The van der Waals surface area contributed by atoms with Gasteiger partial charge in [-0.25, -0.2) is 4.79 Å². The number of aliphatic carboxylic acids is 1. The van der Waals surface area contributed by atoms with Crippen LogP contribution in [-0.2, 0) is 4.79 Å². The highest BCUT2D eigenvalue weighted by Crippen LogP contribution is 2.25. The summed E-state index contributed by atoms with van der Waals surface area (Å²) in [5.74, 6) is -0.247. The first-order chi connectivity index (χ1) is 5.74. The number of carboxylic acids is 1. The highest BCUT2D eigenvalue weighted by atomic mass is 32.1. The number of ether oxygens (including phenoxy) is 1. The van der Waals surface area contributed by atoms with E-state index in [2.05, 4.69) is 0 Å². The van der Waals surface area contributed by atoms with Crippen molar-refractivity contribution in [3.63, 3.8) is 0 Å². The number of rotatable bonds is 3. The molecule has 0 radical (unpaired) electrons. The molecule has 4 heteroatoms. The molecule has 0 saturated heterocycles. The van der Waals surface area contributed by atoms with Gasteiger partial charge in [-0.05, 0) is 17.5 Å². The Morgan fingerprint density at radius 3 is 3.08 bits per heavy atom. The third kappa shape index (κ3) is 2.10. The first-order valence-corrected chi connectivity index (χ1v) is 4.14. The number of hydrogen-bond donors (Lipinski definition) is 1. The number of carboxylic acid groups (broad SMARTS) is 1. The molecule has 0 aromatic carbocycles. The Hall–Kier alpha value is -1.29. The highest BCUT2D eigenvalue weighted by molar-refractivity contribution is 7.11. The fourth-order valence-corrected chi connectivity index (χ4v) is 1.50. The lowest BCUT2D eigenvalue weighted by Gasteiger charge is -1.94. The SMILES string of the molecule is COc1ccsc1/C=C/C(=O)O. The van der Waals surface area contributed by atoms with E-state index >= 15 is 0 Å². The zero-order valence-corrected chi connectivity index (χ0v) is 7.30. The van der Waals surface area contributed by atoms with Gasteiger partial charge in [0, 0.05) is 6.08 Å². The van der Waals surface area contributed by atoms with Crippen LogP contribution in [0.2, 0.25) is 0 Å². The summed E-state index contributed by atoms with van der Waals surface area (Å²) in [6.45, 7) is 0. The molecule has 1 N–H and O–H groups in total. The third-order valence-electron chi connectivity index (χ3n) is 1.25. The van der Waals surface area contributed by atoms with Gasteiger partial charge in [0.05, 0.1) is 12.0 Å². The van der Waals surface area contributed by atoms with Gasteiger partial charge in [0.1, 0.15) is 5.75 Å². The first kappa shape index (κ1) is 8.80. The minimum absolute atomic E-state index is 0.706. The Morgan fingerprint density at radius 1 is 1.75 bits per heavy atom. The van der Waals surface area contributed by atoms with Crippen molar-refractivity contribution in [2.24, 2.45) is 0 Å². The van der Waals surface area contributed by atoms with Crippen LogP contribution in [0.15, 0.2) is 17.5 Å². The molecule has 0 saturated carbocycles. The summed E-state index contributed by atoms with van der Waals surface area (Å²) in [4.78, 5) is 11.0. The molecule has 0 aliphatic rings. The van der Waals surface area contributed by atoms with E-state index in [0.717, 1.165) is 11.0 Å². The van der Waals surface area contributed by atoms with Crippen LogP contribution in [0.5, 0.6) is 5.75 Å². The van der Waals surface area contributed by atoms with Crippen LogP contribution in [-0.4, -0.2) is 18.2 Å². The van der Waals surface area contributed by atoms with E-state index in [1.54, 1.807) is 13.2 Å². The van der Waals surface area contributed by atoms with Crippen LogP contribution in [0, 0.1) is 0 Å². The topological polar surface area (TPSA) is 46.5 Å². The monoisotopic (exact) mass is 184 g/mol. The summed E-state index contributed by atoms with van der Waals surface area (Å²) >= 11 is 1.44. The molecule has 0 amide bonds. The predicted octanol–water partition coefficient (Wildman–Crippen LogP) is 1.85. The molecule has 0 fully saturated rings. The maximum Gasteiger partial charge on any atom is 0.328 e. The third-order valence-corrected chi connectivity index (χ3v) is 2.12. The van der Waals surface area contributed by atoms with Gasteiger partial charge >= 0.3 is 5.97 Å². The molecule has 1 rings (SSSR count). The number of carbonyl (C=O) groups is 1. The second kappa shape index (κ2) is 3.92. The van der Waals surface area contributed by atoms with E-state index in [4.69, 9.17) is 9.84 Å². The Balaban J connectivity index is 2.81. The van der Waals surface area contributed by atoms with Crippen LogP contribution in [0.3, 0.4) is 0 Å². The molecule has 0 unspecified atom stereocenters. The van der Waals surface area contributed by atoms with Crippen molar-refractivity contribution in [3.05, 3.63) is 22.4 Å². The van der Waals surface area contributed by atoms with Crippen LogP contribution < -0.4 is 4.74 Å². The van der Waals surface area contributed by atoms with Crippen LogP contribution in [0.1, 0.15) is 4.88 Å². The summed E-state index contributed by atoms with van der Waals surface area (Å²) in [7, 11) is 1.56. The van der Waals surface area contributed by atoms with Gasteiger partial charge in [-0.1, -0.05) is 0 Å². The van der Waals surface area contributed by atoms with Crippen molar-refractivity contribution in [1.82, 2.24) is 0 Å². The van der Waals surface area contributed by atoms with Gasteiger partial charge in [-0.2, -0.15) is 0 Å². The Morgan fingerprint density at radius 2 is 2.50 bits per heavy atom. The molecule has 12 heavy (non-hydrogen) atoms. The molecular weight excluding hydrogens is 176 g/mol. The predicted molar refractivity (Wildman–Crippen MR) is 47.5 cm³/mol. The van der Waals surface area contributed by atoms with Crippen molar-refractivity contribution in [2.75, 3.05) is 7.11 Å². The molecule has 1 heterocycles. The number of methoxy groups -OCH3 is 1. The van der Waals surface area contributed by atoms with E-state index in [-0.39, 0.29) is 0 Å². The molecule has 0 spiro atoms. The largest absolute Gasteiger partial charge is 0.495 e. The van der Waals surface area contributed by atoms with Gasteiger partial charge < -0.3 is 9.84 Å². The Labute approximate surface area is 73.9 Å². The van der Waals surface area contributed by atoms with Gasteiger partial charge in [0.15, 0.2) is 0 Å². The van der Waals surface area contributed by atoms with Crippen molar-refractivity contribution >= 4 is 23.4 Å². The van der Waals surface area contributed by atoms with Gasteiger partial charge in [0.25, 0.3) is 0 Å². The maximum absolute atomic E-state index is 10.2. The lowest BCUT2D eigenvalue weighted by molar-refractivity contribution is -0.131. The number of hydrogen-bond acceptors (Lipinski definition) is 3. The smallest absolute Gasteiger partial charge is 0.328 e. The average molecular weight is 184 g/mol. The Kier molecular flexibility index (Phi) is 2.88. The first-order valence-electron chi connectivity index (χ1n) is 3.26. The van der Waals surface area contributed by atoms with Gasteiger partial charge in [-0.3, -0.25) is 0 Å². The van der Waals surface area contributed by atoms with Crippen LogP contribution >= 0.6 is 11.3 Å².